The van der Waals surface area contributed by atoms with Crippen LogP contribution in [-0.2, 0) is 25.5 Å². The van der Waals surface area contributed by atoms with E-state index in [1.54, 1.807) is 18.2 Å². The standard InChI is InChI=1S/C14H14F3NO4/c1-21-11(19)13(18)7-6-8-4-2-3-5-9(8)10(13)22-12(20)14(15,16)17/h2-5,10H,6-7,18H2,1H3. The van der Waals surface area contributed by atoms with Crippen LogP contribution in [0.2, 0.25) is 0 Å². The topological polar surface area (TPSA) is 78.6 Å². The molecule has 8 heteroatoms. The van der Waals surface area contributed by atoms with Gasteiger partial charge in [0.15, 0.2) is 11.6 Å². The SMILES string of the molecule is COC(=O)C1(N)CCc2ccccc2C1OC(=O)C(F)(F)F. The van der Waals surface area contributed by atoms with E-state index < -0.39 is 29.8 Å². The molecule has 2 N–H and O–H groups in total. The summed E-state index contributed by atoms with van der Waals surface area (Å²) in [7, 11) is 1.07. The van der Waals surface area contributed by atoms with Crippen LogP contribution in [0.15, 0.2) is 24.3 Å². The van der Waals surface area contributed by atoms with Gasteiger partial charge in [-0.1, -0.05) is 24.3 Å². The summed E-state index contributed by atoms with van der Waals surface area (Å²) in [6.45, 7) is 0. The van der Waals surface area contributed by atoms with Crippen molar-refractivity contribution < 1.29 is 32.2 Å². The van der Waals surface area contributed by atoms with E-state index in [0.29, 0.717) is 12.0 Å². The summed E-state index contributed by atoms with van der Waals surface area (Å²) in [4.78, 5) is 23.1. The molecule has 1 aromatic carbocycles. The van der Waals surface area contributed by atoms with E-state index in [1.807, 2.05) is 0 Å². The third-order valence-electron chi connectivity index (χ3n) is 3.64. The number of esters is 2. The molecule has 0 heterocycles. The Morgan fingerprint density at radius 2 is 1.95 bits per heavy atom. The quantitative estimate of drug-likeness (QED) is 0.839. The van der Waals surface area contributed by atoms with Gasteiger partial charge >= 0.3 is 18.1 Å². The van der Waals surface area contributed by atoms with Gasteiger partial charge in [-0.15, -0.1) is 0 Å². The second kappa shape index (κ2) is 5.60. The maximum Gasteiger partial charge on any atom is 0.490 e. The van der Waals surface area contributed by atoms with Crippen molar-refractivity contribution in [3.63, 3.8) is 0 Å². The fourth-order valence-corrected chi connectivity index (χ4v) is 2.51. The van der Waals surface area contributed by atoms with E-state index in [0.717, 1.165) is 7.11 Å². The third kappa shape index (κ3) is 2.78. The summed E-state index contributed by atoms with van der Waals surface area (Å²) in [6.07, 6.45) is -6.36. The number of nitrogens with two attached hydrogens (primary N) is 1. The lowest BCUT2D eigenvalue weighted by Gasteiger charge is -2.39. The highest BCUT2D eigenvalue weighted by molar-refractivity contribution is 5.84. The van der Waals surface area contributed by atoms with E-state index >= 15 is 0 Å². The fraction of sp³-hybridized carbons (Fsp3) is 0.429. The van der Waals surface area contributed by atoms with Gasteiger partial charge < -0.3 is 15.2 Å². The molecule has 1 aliphatic carbocycles. The van der Waals surface area contributed by atoms with Crippen LogP contribution < -0.4 is 5.73 Å². The minimum atomic E-state index is -5.18. The lowest BCUT2D eigenvalue weighted by molar-refractivity contribution is -0.210. The molecule has 2 rings (SSSR count). The van der Waals surface area contributed by atoms with Crippen LogP contribution in [0.4, 0.5) is 13.2 Å². The van der Waals surface area contributed by atoms with Crippen molar-refractivity contribution in [3.8, 4) is 0 Å². The largest absolute Gasteiger partial charge is 0.490 e. The zero-order valence-electron chi connectivity index (χ0n) is 11.6. The van der Waals surface area contributed by atoms with Crippen LogP contribution in [0.25, 0.3) is 0 Å². The molecule has 0 spiro atoms. The predicted octanol–water partition coefficient (Wildman–Crippen LogP) is 1.65. The van der Waals surface area contributed by atoms with Gasteiger partial charge in [0, 0.05) is 0 Å². The van der Waals surface area contributed by atoms with Gasteiger partial charge in [-0.3, -0.25) is 0 Å². The first-order valence-corrected chi connectivity index (χ1v) is 6.43. The van der Waals surface area contributed by atoms with Gasteiger partial charge in [0.25, 0.3) is 0 Å². The Morgan fingerprint density at radius 1 is 1.32 bits per heavy atom. The first-order chi connectivity index (χ1) is 10.2. The van der Waals surface area contributed by atoms with Crippen molar-refractivity contribution in [2.45, 2.75) is 30.7 Å². The minimum absolute atomic E-state index is 0.00644. The lowest BCUT2D eigenvalue weighted by atomic mass is 9.76. The monoisotopic (exact) mass is 317 g/mol. The number of carbonyl (C=O) groups is 2. The first-order valence-electron chi connectivity index (χ1n) is 6.43. The molecule has 0 radical (unpaired) electrons. The van der Waals surface area contributed by atoms with E-state index in [1.165, 1.54) is 6.07 Å². The Balaban J connectivity index is 2.45. The smallest absolute Gasteiger partial charge is 0.468 e. The average Bonchev–Trinajstić information content (AvgIpc) is 2.48. The highest BCUT2D eigenvalue weighted by atomic mass is 19.4. The maximum atomic E-state index is 12.5. The summed E-state index contributed by atoms with van der Waals surface area (Å²) in [5, 5.41) is 0. The Morgan fingerprint density at radius 3 is 2.55 bits per heavy atom. The fourth-order valence-electron chi connectivity index (χ4n) is 2.51. The van der Waals surface area contributed by atoms with Crippen LogP contribution >= 0.6 is 0 Å². The van der Waals surface area contributed by atoms with Gasteiger partial charge in [0.2, 0.25) is 0 Å². The van der Waals surface area contributed by atoms with Crippen LogP contribution in [0.5, 0.6) is 0 Å². The molecule has 2 unspecified atom stereocenters. The molecule has 1 aliphatic rings. The number of hydrogen-bond acceptors (Lipinski definition) is 5. The molecule has 0 aliphatic heterocycles. The van der Waals surface area contributed by atoms with Gasteiger partial charge in [0.1, 0.15) is 0 Å². The van der Waals surface area contributed by atoms with Crippen molar-refractivity contribution >= 4 is 11.9 Å². The van der Waals surface area contributed by atoms with Crippen LogP contribution in [0.3, 0.4) is 0 Å². The highest BCUT2D eigenvalue weighted by Gasteiger charge is 2.52. The second-order valence-electron chi connectivity index (χ2n) is 5.01. The minimum Gasteiger partial charge on any atom is -0.468 e. The Labute approximate surface area is 124 Å². The molecule has 22 heavy (non-hydrogen) atoms. The average molecular weight is 317 g/mol. The summed E-state index contributed by atoms with van der Waals surface area (Å²) in [5.41, 5.74) is 5.04. The van der Waals surface area contributed by atoms with Crippen molar-refractivity contribution in [3.05, 3.63) is 35.4 Å². The molecule has 0 saturated heterocycles. The molecule has 0 bridgehead atoms. The number of halogens is 3. The molecule has 2 atom stereocenters. The molecule has 1 aromatic rings. The first kappa shape index (κ1) is 16.3. The molecule has 0 amide bonds. The zero-order valence-corrected chi connectivity index (χ0v) is 11.6. The summed E-state index contributed by atoms with van der Waals surface area (Å²) < 4.78 is 46.6. The van der Waals surface area contributed by atoms with Crippen molar-refractivity contribution in [1.29, 1.82) is 0 Å². The number of ether oxygens (including phenoxy) is 2. The number of benzene rings is 1. The summed E-state index contributed by atoms with van der Waals surface area (Å²) in [5.74, 6) is -3.32. The van der Waals surface area contributed by atoms with Gasteiger partial charge in [-0.05, 0) is 24.0 Å². The van der Waals surface area contributed by atoms with Gasteiger partial charge in [-0.25, -0.2) is 9.59 Å². The van der Waals surface area contributed by atoms with Crippen molar-refractivity contribution in [2.75, 3.05) is 7.11 Å². The number of rotatable bonds is 2. The van der Waals surface area contributed by atoms with Crippen LogP contribution in [0, 0.1) is 0 Å². The lowest BCUT2D eigenvalue weighted by Crippen LogP contribution is -2.57. The molecule has 120 valence electrons. The van der Waals surface area contributed by atoms with E-state index in [4.69, 9.17) is 5.73 Å². The predicted molar refractivity (Wildman–Crippen MR) is 68.6 cm³/mol. The molecule has 0 fully saturated rings. The van der Waals surface area contributed by atoms with Gasteiger partial charge in [0.05, 0.1) is 7.11 Å². The van der Waals surface area contributed by atoms with Crippen molar-refractivity contribution in [1.82, 2.24) is 0 Å². The highest BCUT2D eigenvalue weighted by Crippen LogP contribution is 2.40. The number of methoxy groups -OCH3 is 1. The van der Waals surface area contributed by atoms with Crippen LogP contribution in [0.1, 0.15) is 23.7 Å². The molecular formula is C14H14F3NO4. The van der Waals surface area contributed by atoms with E-state index in [9.17, 15) is 22.8 Å². The Hall–Kier alpha value is -2.09. The van der Waals surface area contributed by atoms with Crippen molar-refractivity contribution in [2.24, 2.45) is 5.73 Å². The molecule has 0 aromatic heterocycles. The molecule has 5 nitrogen and oxygen atoms in total. The maximum absolute atomic E-state index is 12.5. The summed E-state index contributed by atoms with van der Waals surface area (Å²) in [6, 6.07) is 6.42. The number of alkyl halides is 3. The Kier molecular flexibility index (Phi) is 4.15. The third-order valence-corrected chi connectivity index (χ3v) is 3.64. The van der Waals surface area contributed by atoms with Gasteiger partial charge in [-0.2, -0.15) is 13.2 Å². The zero-order chi connectivity index (χ0) is 16.5. The Bertz CT molecular complexity index is 602. The van der Waals surface area contributed by atoms with E-state index in [2.05, 4.69) is 9.47 Å². The number of hydrogen-bond donors (Lipinski definition) is 1. The van der Waals surface area contributed by atoms with E-state index in [-0.39, 0.29) is 12.0 Å². The number of carbonyl (C=O) groups excluding carboxylic acids is 2. The molecular weight excluding hydrogens is 303 g/mol. The normalized spacial score (nSPS) is 24.3. The summed E-state index contributed by atoms with van der Waals surface area (Å²) >= 11 is 0. The van der Waals surface area contributed by atoms with Crippen LogP contribution in [-0.4, -0.2) is 30.8 Å². The second-order valence-corrected chi connectivity index (χ2v) is 5.01. The number of fused-ring (bicyclic) bond motifs is 1. The molecule has 0 saturated carbocycles. The number of aryl methyl sites for hydroxylation is 1.